The van der Waals surface area contributed by atoms with Crippen molar-refractivity contribution in [3.63, 3.8) is 0 Å². The highest BCUT2D eigenvalue weighted by molar-refractivity contribution is 7.89. The summed E-state index contributed by atoms with van der Waals surface area (Å²) in [5.74, 6) is -2.65. The van der Waals surface area contributed by atoms with Gasteiger partial charge in [-0.25, -0.2) is 12.8 Å². The van der Waals surface area contributed by atoms with Crippen molar-refractivity contribution >= 4 is 27.6 Å². The minimum atomic E-state index is -4.26. The third-order valence-electron chi connectivity index (χ3n) is 3.47. The molecule has 0 spiro atoms. The SMILES string of the molecule is C[C@@H](OC(=O)CNS(=O)(=O)c1ccccc1F)C(=O)Nc1cccc(C#N)c1. The predicted molar refractivity (Wildman–Crippen MR) is 96.9 cm³/mol. The number of carbonyl (C=O) groups excluding carboxylic acids is 2. The first-order chi connectivity index (χ1) is 13.2. The van der Waals surface area contributed by atoms with Gasteiger partial charge in [0.25, 0.3) is 5.91 Å². The monoisotopic (exact) mass is 405 g/mol. The Morgan fingerprint density at radius 2 is 1.93 bits per heavy atom. The van der Waals surface area contributed by atoms with Crippen molar-refractivity contribution in [2.45, 2.75) is 17.9 Å². The smallest absolute Gasteiger partial charge is 0.321 e. The van der Waals surface area contributed by atoms with E-state index < -0.39 is 45.3 Å². The number of esters is 1. The van der Waals surface area contributed by atoms with Crippen LogP contribution in [0.25, 0.3) is 0 Å². The minimum absolute atomic E-state index is 0.338. The molecule has 0 aliphatic heterocycles. The van der Waals surface area contributed by atoms with Gasteiger partial charge < -0.3 is 10.1 Å². The highest BCUT2D eigenvalue weighted by atomic mass is 32.2. The van der Waals surface area contributed by atoms with Crippen LogP contribution in [0, 0.1) is 17.1 Å². The lowest BCUT2D eigenvalue weighted by Crippen LogP contribution is -2.36. The second kappa shape index (κ2) is 9.07. The number of amides is 1. The van der Waals surface area contributed by atoms with Crippen LogP contribution in [0.2, 0.25) is 0 Å². The van der Waals surface area contributed by atoms with Gasteiger partial charge in [-0.3, -0.25) is 9.59 Å². The topological polar surface area (TPSA) is 125 Å². The molecule has 2 aromatic carbocycles. The van der Waals surface area contributed by atoms with Gasteiger partial charge in [0.1, 0.15) is 17.3 Å². The van der Waals surface area contributed by atoms with E-state index in [1.807, 2.05) is 10.8 Å². The zero-order valence-electron chi connectivity index (χ0n) is 14.7. The number of rotatable bonds is 7. The molecule has 2 aromatic rings. The number of nitriles is 1. The summed E-state index contributed by atoms with van der Waals surface area (Å²) in [6.45, 7) is 0.519. The van der Waals surface area contributed by atoms with Crippen LogP contribution in [0.4, 0.5) is 10.1 Å². The molecule has 146 valence electrons. The quantitative estimate of drug-likeness (QED) is 0.673. The minimum Gasteiger partial charge on any atom is -0.452 e. The van der Waals surface area contributed by atoms with Crippen molar-refractivity contribution in [1.82, 2.24) is 4.72 Å². The van der Waals surface area contributed by atoms with Crippen molar-refractivity contribution in [1.29, 1.82) is 5.26 Å². The van der Waals surface area contributed by atoms with E-state index >= 15 is 0 Å². The first-order valence-corrected chi connectivity index (χ1v) is 9.46. The molecule has 0 aromatic heterocycles. The largest absolute Gasteiger partial charge is 0.452 e. The van der Waals surface area contributed by atoms with Crippen molar-refractivity contribution in [3.8, 4) is 6.07 Å². The zero-order valence-corrected chi connectivity index (χ0v) is 15.5. The summed E-state index contributed by atoms with van der Waals surface area (Å²) in [6, 6.07) is 12.7. The molecule has 0 aliphatic carbocycles. The molecule has 0 radical (unpaired) electrons. The van der Waals surface area contributed by atoms with Gasteiger partial charge in [0.2, 0.25) is 10.0 Å². The number of carbonyl (C=O) groups is 2. The molecule has 2 rings (SSSR count). The van der Waals surface area contributed by atoms with Crippen LogP contribution in [0.3, 0.4) is 0 Å². The van der Waals surface area contributed by atoms with Gasteiger partial charge in [-0.2, -0.15) is 9.98 Å². The predicted octanol–water partition coefficient (Wildman–Crippen LogP) is 1.55. The fraction of sp³-hybridized carbons (Fsp3) is 0.167. The van der Waals surface area contributed by atoms with Crippen LogP contribution >= 0.6 is 0 Å². The molecule has 0 aliphatic rings. The maximum absolute atomic E-state index is 13.6. The van der Waals surface area contributed by atoms with Crippen LogP contribution in [-0.2, 0) is 24.3 Å². The third kappa shape index (κ3) is 5.60. The molecule has 2 N–H and O–H groups in total. The third-order valence-corrected chi connectivity index (χ3v) is 4.90. The van der Waals surface area contributed by atoms with Gasteiger partial charge in [-0.1, -0.05) is 18.2 Å². The molecular formula is C18H16FN3O5S. The van der Waals surface area contributed by atoms with E-state index in [2.05, 4.69) is 5.32 Å². The Balaban J connectivity index is 1.90. The summed E-state index contributed by atoms with van der Waals surface area (Å²) in [7, 11) is -4.26. The van der Waals surface area contributed by atoms with Gasteiger partial charge in [0.05, 0.1) is 11.6 Å². The van der Waals surface area contributed by atoms with Crippen LogP contribution in [0.15, 0.2) is 53.4 Å². The summed E-state index contributed by atoms with van der Waals surface area (Å²) in [4.78, 5) is 23.3. The van der Waals surface area contributed by atoms with E-state index in [4.69, 9.17) is 10.00 Å². The van der Waals surface area contributed by atoms with Crippen molar-refractivity contribution in [2.75, 3.05) is 11.9 Å². The first-order valence-electron chi connectivity index (χ1n) is 7.97. The fourth-order valence-corrected chi connectivity index (χ4v) is 3.14. The lowest BCUT2D eigenvalue weighted by atomic mass is 10.2. The number of halogens is 1. The second-order valence-electron chi connectivity index (χ2n) is 5.57. The average molecular weight is 405 g/mol. The standard InChI is InChI=1S/C18H16FN3O5S/c1-12(18(24)22-14-6-4-5-13(9-14)10-20)27-17(23)11-21-28(25,26)16-8-3-2-7-15(16)19/h2-9,12,21H,11H2,1H3,(H,22,24)/t12-/m1/s1. The van der Waals surface area contributed by atoms with E-state index in [-0.39, 0.29) is 0 Å². The highest BCUT2D eigenvalue weighted by Gasteiger charge is 2.22. The van der Waals surface area contributed by atoms with E-state index in [1.165, 1.54) is 25.1 Å². The summed E-state index contributed by atoms with van der Waals surface area (Å²) in [6.07, 6.45) is -1.23. The first kappa shape index (κ1) is 21.0. The van der Waals surface area contributed by atoms with Crippen molar-refractivity contribution in [2.24, 2.45) is 0 Å². The summed E-state index contributed by atoms with van der Waals surface area (Å²) in [5.41, 5.74) is 0.678. The van der Waals surface area contributed by atoms with Gasteiger partial charge in [-0.05, 0) is 37.3 Å². The van der Waals surface area contributed by atoms with E-state index in [0.717, 1.165) is 12.1 Å². The van der Waals surface area contributed by atoms with Gasteiger partial charge in [0, 0.05) is 5.69 Å². The molecule has 0 heterocycles. The molecule has 28 heavy (non-hydrogen) atoms. The van der Waals surface area contributed by atoms with Crippen molar-refractivity contribution in [3.05, 3.63) is 59.9 Å². The summed E-state index contributed by atoms with van der Waals surface area (Å²) < 4.78 is 44.4. The normalized spacial score (nSPS) is 11.9. The van der Waals surface area contributed by atoms with Gasteiger partial charge >= 0.3 is 5.97 Å². The van der Waals surface area contributed by atoms with Gasteiger partial charge in [-0.15, -0.1) is 0 Å². The fourth-order valence-electron chi connectivity index (χ4n) is 2.10. The molecule has 10 heteroatoms. The Kier molecular flexibility index (Phi) is 6.81. The Morgan fingerprint density at radius 1 is 1.21 bits per heavy atom. The summed E-state index contributed by atoms with van der Waals surface area (Å²) >= 11 is 0. The van der Waals surface area contributed by atoms with Crippen LogP contribution in [-0.4, -0.2) is 32.9 Å². The molecule has 1 amide bonds. The van der Waals surface area contributed by atoms with E-state index in [0.29, 0.717) is 11.3 Å². The van der Waals surface area contributed by atoms with Crippen LogP contribution < -0.4 is 10.0 Å². The number of sulfonamides is 1. The number of hydrogen-bond donors (Lipinski definition) is 2. The van der Waals surface area contributed by atoms with Crippen LogP contribution in [0.1, 0.15) is 12.5 Å². The number of hydrogen-bond acceptors (Lipinski definition) is 6. The molecule has 0 saturated carbocycles. The second-order valence-corrected chi connectivity index (χ2v) is 7.30. The number of nitrogens with zero attached hydrogens (tertiary/aromatic N) is 1. The molecule has 0 saturated heterocycles. The van der Waals surface area contributed by atoms with Gasteiger partial charge in [0.15, 0.2) is 6.10 Å². The maximum Gasteiger partial charge on any atom is 0.321 e. The number of anilines is 1. The Labute approximate surface area is 161 Å². The highest BCUT2D eigenvalue weighted by Crippen LogP contribution is 2.13. The Bertz CT molecular complexity index is 1030. The molecule has 0 unspecified atom stereocenters. The molecule has 0 fully saturated rings. The molecule has 0 bridgehead atoms. The lowest BCUT2D eigenvalue weighted by Gasteiger charge is -2.14. The molecule has 8 nitrogen and oxygen atoms in total. The summed E-state index contributed by atoms with van der Waals surface area (Å²) in [5, 5.41) is 11.3. The number of nitrogens with one attached hydrogen (secondary N) is 2. The molecular weight excluding hydrogens is 389 g/mol. The maximum atomic E-state index is 13.6. The number of benzene rings is 2. The Hall–Kier alpha value is -3.29. The van der Waals surface area contributed by atoms with E-state index in [9.17, 15) is 22.4 Å². The Morgan fingerprint density at radius 3 is 2.61 bits per heavy atom. The van der Waals surface area contributed by atoms with Crippen LogP contribution in [0.5, 0.6) is 0 Å². The van der Waals surface area contributed by atoms with Crippen molar-refractivity contribution < 1.29 is 27.1 Å². The molecule has 1 atom stereocenters. The van der Waals surface area contributed by atoms with E-state index in [1.54, 1.807) is 18.2 Å². The average Bonchev–Trinajstić information content (AvgIpc) is 2.66. The zero-order chi connectivity index (χ0) is 20.7. The lowest BCUT2D eigenvalue weighted by molar-refractivity contribution is -0.151. The number of ether oxygens (including phenoxy) is 1.